The maximum atomic E-state index is 13.0. The standard InChI is InChI=1S/C21H21ClF3N7O2/c1-12-9-13(2)32-20(26-12)28-18(29-32)19(34)31-7-5-30(6-8-31)11-17(33)27-14-3-4-16(22)15(10-14)21(23,24)25/h3-4,9-10H,5-8,11H2,1-2H3,(H,27,33). The van der Waals surface area contributed by atoms with Gasteiger partial charge < -0.3 is 10.2 Å². The van der Waals surface area contributed by atoms with Crippen molar-refractivity contribution in [1.82, 2.24) is 29.4 Å². The van der Waals surface area contributed by atoms with Crippen molar-refractivity contribution >= 4 is 34.9 Å². The SMILES string of the molecule is Cc1cc(C)n2nc(C(=O)N3CCN(CC(=O)Nc4ccc(Cl)c(C(F)(F)F)c4)CC3)nc2n1. The van der Waals surface area contributed by atoms with E-state index in [-0.39, 0.29) is 24.0 Å². The van der Waals surface area contributed by atoms with Crippen molar-refractivity contribution in [2.45, 2.75) is 20.0 Å². The first-order valence-electron chi connectivity index (χ1n) is 10.4. The van der Waals surface area contributed by atoms with Crippen LogP contribution >= 0.6 is 11.6 Å². The van der Waals surface area contributed by atoms with Crippen molar-refractivity contribution in [2.24, 2.45) is 0 Å². The topological polar surface area (TPSA) is 95.7 Å². The average molecular weight is 496 g/mol. The van der Waals surface area contributed by atoms with Crippen LogP contribution in [0.1, 0.15) is 27.6 Å². The van der Waals surface area contributed by atoms with Crippen molar-refractivity contribution in [3.63, 3.8) is 0 Å². The molecule has 13 heteroatoms. The molecule has 0 bridgehead atoms. The van der Waals surface area contributed by atoms with E-state index >= 15 is 0 Å². The number of anilines is 1. The summed E-state index contributed by atoms with van der Waals surface area (Å²) in [5.74, 6) is -0.385. The van der Waals surface area contributed by atoms with E-state index < -0.39 is 22.7 Å². The van der Waals surface area contributed by atoms with Gasteiger partial charge >= 0.3 is 6.18 Å². The van der Waals surface area contributed by atoms with Gasteiger partial charge in [-0.1, -0.05) is 11.6 Å². The van der Waals surface area contributed by atoms with Crippen LogP contribution in [-0.2, 0) is 11.0 Å². The quantitative estimate of drug-likeness (QED) is 0.598. The van der Waals surface area contributed by atoms with Gasteiger partial charge in [-0.2, -0.15) is 18.2 Å². The third kappa shape index (κ3) is 5.12. The number of carbonyl (C=O) groups excluding carboxylic acids is 2. The van der Waals surface area contributed by atoms with Crippen molar-refractivity contribution in [3.8, 4) is 0 Å². The number of alkyl halides is 3. The minimum atomic E-state index is -4.62. The van der Waals surface area contributed by atoms with Crippen molar-refractivity contribution < 1.29 is 22.8 Å². The minimum Gasteiger partial charge on any atom is -0.333 e. The Balaban J connectivity index is 1.33. The summed E-state index contributed by atoms with van der Waals surface area (Å²) in [7, 11) is 0. The van der Waals surface area contributed by atoms with Gasteiger partial charge in [0.05, 0.1) is 17.1 Å². The summed E-state index contributed by atoms with van der Waals surface area (Å²) in [6.07, 6.45) is -4.62. The highest BCUT2D eigenvalue weighted by Crippen LogP contribution is 2.36. The summed E-state index contributed by atoms with van der Waals surface area (Å²) >= 11 is 5.61. The van der Waals surface area contributed by atoms with E-state index in [9.17, 15) is 22.8 Å². The van der Waals surface area contributed by atoms with Crippen LogP contribution in [0.15, 0.2) is 24.3 Å². The molecule has 4 rings (SSSR count). The highest BCUT2D eigenvalue weighted by atomic mass is 35.5. The molecule has 3 aromatic rings. The molecule has 1 N–H and O–H groups in total. The Hall–Kier alpha value is -3.25. The fraction of sp³-hybridized carbons (Fsp3) is 0.381. The highest BCUT2D eigenvalue weighted by molar-refractivity contribution is 6.31. The average Bonchev–Trinajstić information content (AvgIpc) is 3.19. The molecule has 0 atom stereocenters. The van der Waals surface area contributed by atoms with Crippen LogP contribution in [0.25, 0.3) is 5.78 Å². The molecule has 1 aromatic carbocycles. The van der Waals surface area contributed by atoms with Gasteiger partial charge in [-0.15, -0.1) is 5.10 Å². The Kier molecular flexibility index (Phi) is 6.45. The molecule has 0 aliphatic carbocycles. The van der Waals surface area contributed by atoms with E-state index in [4.69, 9.17) is 11.6 Å². The zero-order valence-electron chi connectivity index (χ0n) is 18.4. The van der Waals surface area contributed by atoms with E-state index in [0.717, 1.165) is 23.5 Å². The normalized spacial score (nSPS) is 15.1. The fourth-order valence-electron chi connectivity index (χ4n) is 3.73. The second kappa shape index (κ2) is 9.18. The predicted molar refractivity (Wildman–Crippen MR) is 118 cm³/mol. The number of halogens is 4. The molecule has 0 spiro atoms. The molecule has 2 aromatic heterocycles. The van der Waals surface area contributed by atoms with Crippen LogP contribution in [0.2, 0.25) is 5.02 Å². The number of aromatic nitrogens is 4. The summed E-state index contributed by atoms with van der Waals surface area (Å²) in [5, 5.41) is 6.28. The molecule has 9 nitrogen and oxygen atoms in total. The molecule has 1 saturated heterocycles. The number of amides is 2. The number of hydrogen-bond donors (Lipinski definition) is 1. The molecule has 1 aliphatic heterocycles. The number of rotatable bonds is 4. The molecule has 0 radical (unpaired) electrons. The zero-order chi connectivity index (χ0) is 24.6. The van der Waals surface area contributed by atoms with Gasteiger partial charge in [-0.05, 0) is 38.1 Å². The first kappa shape index (κ1) is 23.9. The van der Waals surface area contributed by atoms with E-state index in [2.05, 4.69) is 20.4 Å². The number of hydrogen-bond acceptors (Lipinski definition) is 6. The first-order valence-corrected chi connectivity index (χ1v) is 10.8. The lowest BCUT2D eigenvalue weighted by Crippen LogP contribution is -2.50. The van der Waals surface area contributed by atoms with Gasteiger partial charge in [-0.25, -0.2) is 9.50 Å². The molecule has 2 amide bonds. The Morgan fingerprint density at radius 1 is 1.09 bits per heavy atom. The van der Waals surface area contributed by atoms with Crippen LogP contribution in [0.3, 0.4) is 0 Å². The molecular formula is C21H21ClF3N7O2. The van der Waals surface area contributed by atoms with E-state index in [1.807, 2.05) is 24.8 Å². The second-order valence-corrected chi connectivity index (χ2v) is 8.40. The van der Waals surface area contributed by atoms with Crippen molar-refractivity contribution in [1.29, 1.82) is 0 Å². The molecular weight excluding hydrogens is 475 g/mol. The van der Waals surface area contributed by atoms with Crippen LogP contribution in [0, 0.1) is 13.8 Å². The first-order chi connectivity index (χ1) is 16.0. The number of piperazine rings is 1. The zero-order valence-corrected chi connectivity index (χ0v) is 19.1. The van der Waals surface area contributed by atoms with Crippen molar-refractivity contribution in [3.05, 3.63) is 52.1 Å². The molecule has 3 heterocycles. The molecule has 34 heavy (non-hydrogen) atoms. The van der Waals surface area contributed by atoms with Crippen molar-refractivity contribution in [2.75, 3.05) is 38.0 Å². The maximum Gasteiger partial charge on any atom is 0.417 e. The van der Waals surface area contributed by atoms with Gasteiger partial charge in [-0.3, -0.25) is 14.5 Å². The van der Waals surface area contributed by atoms with Crippen LogP contribution < -0.4 is 5.32 Å². The third-order valence-electron chi connectivity index (χ3n) is 5.39. The smallest absolute Gasteiger partial charge is 0.333 e. The molecule has 0 unspecified atom stereocenters. The van der Waals surface area contributed by atoms with E-state index in [1.165, 1.54) is 10.6 Å². The molecule has 180 valence electrons. The monoisotopic (exact) mass is 495 g/mol. The number of aryl methyl sites for hydroxylation is 2. The maximum absolute atomic E-state index is 13.0. The minimum absolute atomic E-state index is 0.00704. The Morgan fingerprint density at radius 2 is 1.79 bits per heavy atom. The number of nitrogens with one attached hydrogen (secondary N) is 1. The molecule has 0 saturated carbocycles. The summed E-state index contributed by atoms with van der Waals surface area (Å²) in [5.41, 5.74) is 0.581. The highest BCUT2D eigenvalue weighted by Gasteiger charge is 2.33. The summed E-state index contributed by atoms with van der Waals surface area (Å²) in [4.78, 5) is 37.1. The largest absolute Gasteiger partial charge is 0.417 e. The summed E-state index contributed by atoms with van der Waals surface area (Å²) in [6, 6.07) is 5.05. The summed E-state index contributed by atoms with van der Waals surface area (Å²) < 4.78 is 40.5. The summed E-state index contributed by atoms with van der Waals surface area (Å²) in [6.45, 7) is 5.19. The van der Waals surface area contributed by atoms with E-state index in [0.29, 0.717) is 32.0 Å². The Morgan fingerprint density at radius 3 is 2.47 bits per heavy atom. The number of nitrogens with zero attached hydrogens (tertiary/aromatic N) is 6. The molecule has 1 fully saturated rings. The number of carbonyl (C=O) groups is 2. The third-order valence-corrected chi connectivity index (χ3v) is 5.72. The van der Waals surface area contributed by atoms with Crippen LogP contribution in [-0.4, -0.2) is 73.9 Å². The van der Waals surface area contributed by atoms with Gasteiger partial charge in [0.1, 0.15) is 0 Å². The molecule has 1 aliphatic rings. The lowest BCUT2D eigenvalue weighted by atomic mass is 10.2. The van der Waals surface area contributed by atoms with Gasteiger partial charge in [0.15, 0.2) is 0 Å². The fourth-order valence-corrected chi connectivity index (χ4v) is 3.96. The second-order valence-electron chi connectivity index (χ2n) is 8.00. The van der Waals surface area contributed by atoms with Gasteiger partial charge in [0.25, 0.3) is 11.7 Å². The van der Waals surface area contributed by atoms with Crippen LogP contribution in [0.4, 0.5) is 18.9 Å². The number of benzene rings is 1. The Labute approximate surface area is 197 Å². The predicted octanol–water partition coefficient (Wildman–Crippen LogP) is 2.81. The van der Waals surface area contributed by atoms with Crippen LogP contribution in [0.5, 0.6) is 0 Å². The van der Waals surface area contributed by atoms with Gasteiger partial charge in [0, 0.05) is 43.3 Å². The Bertz CT molecular complexity index is 1250. The lowest BCUT2D eigenvalue weighted by molar-refractivity contribution is -0.137. The lowest BCUT2D eigenvalue weighted by Gasteiger charge is -2.33. The van der Waals surface area contributed by atoms with E-state index in [1.54, 1.807) is 4.90 Å². The van der Waals surface area contributed by atoms with Gasteiger partial charge in [0.2, 0.25) is 11.7 Å². The number of fused-ring (bicyclic) bond motifs is 1.